The van der Waals surface area contributed by atoms with Crippen molar-refractivity contribution in [3.05, 3.63) is 29.3 Å². The number of nitrogens with two attached hydrogens (primary N) is 1. The van der Waals surface area contributed by atoms with Gasteiger partial charge in [-0.25, -0.2) is 0 Å². The molecule has 0 bridgehead atoms. The number of hydrogen-bond acceptors (Lipinski definition) is 4. The second-order valence-corrected chi connectivity index (χ2v) is 5.33. The molecule has 4 nitrogen and oxygen atoms in total. The van der Waals surface area contributed by atoms with Gasteiger partial charge in [-0.05, 0) is 43.9 Å². The van der Waals surface area contributed by atoms with Crippen LogP contribution in [0.15, 0.2) is 18.2 Å². The van der Waals surface area contributed by atoms with E-state index in [9.17, 15) is 4.79 Å². The Morgan fingerprint density at radius 2 is 2.21 bits per heavy atom. The molecule has 0 fully saturated rings. The van der Waals surface area contributed by atoms with Gasteiger partial charge in [-0.1, -0.05) is 12.1 Å². The van der Waals surface area contributed by atoms with Crippen molar-refractivity contribution in [3.63, 3.8) is 0 Å². The molecule has 0 amide bonds. The third-order valence-corrected chi connectivity index (χ3v) is 3.66. The summed E-state index contributed by atoms with van der Waals surface area (Å²) >= 11 is 0. The average molecular weight is 262 g/mol. The van der Waals surface area contributed by atoms with E-state index in [0.29, 0.717) is 12.5 Å². The highest BCUT2D eigenvalue weighted by atomic mass is 16.5. The Bertz CT molecular complexity index is 471. The second kappa shape index (κ2) is 5.61. The summed E-state index contributed by atoms with van der Waals surface area (Å²) in [5.41, 5.74) is 9.56. The second-order valence-electron chi connectivity index (χ2n) is 5.33. The summed E-state index contributed by atoms with van der Waals surface area (Å²) in [6, 6.07) is 6.31. The maximum absolute atomic E-state index is 11.3. The van der Waals surface area contributed by atoms with E-state index in [2.05, 4.69) is 41.7 Å². The number of nitrogens with zero attached hydrogens (tertiary/aromatic N) is 1. The third-order valence-electron chi connectivity index (χ3n) is 3.66. The molecule has 1 heterocycles. The maximum Gasteiger partial charge on any atom is 0.322 e. The molecule has 1 atom stereocenters. The van der Waals surface area contributed by atoms with E-state index < -0.39 is 6.04 Å². The summed E-state index contributed by atoms with van der Waals surface area (Å²) in [4.78, 5) is 13.7. The lowest BCUT2D eigenvalue weighted by Gasteiger charge is -2.24. The summed E-state index contributed by atoms with van der Waals surface area (Å²) in [5.74, 6) is -0.357. The topological polar surface area (TPSA) is 55.6 Å². The Labute approximate surface area is 114 Å². The Kier molecular flexibility index (Phi) is 4.10. The molecule has 0 saturated heterocycles. The first-order valence-corrected chi connectivity index (χ1v) is 6.74. The van der Waals surface area contributed by atoms with Crippen LogP contribution in [-0.4, -0.2) is 31.7 Å². The predicted octanol–water partition coefficient (Wildman–Crippen LogP) is 1.50. The van der Waals surface area contributed by atoms with Crippen LogP contribution in [-0.2, 0) is 22.4 Å². The molecule has 2 rings (SSSR count). The van der Waals surface area contributed by atoms with Crippen LogP contribution in [0.5, 0.6) is 0 Å². The van der Waals surface area contributed by atoms with Gasteiger partial charge in [0, 0.05) is 18.3 Å². The number of anilines is 1. The van der Waals surface area contributed by atoms with Crippen molar-refractivity contribution in [2.75, 3.05) is 18.6 Å². The highest BCUT2D eigenvalue weighted by Crippen LogP contribution is 2.30. The van der Waals surface area contributed by atoms with Crippen LogP contribution < -0.4 is 10.6 Å². The molecule has 4 heteroatoms. The lowest BCUT2D eigenvalue weighted by atomic mass is 10.0. The van der Waals surface area contributed by atoms with Crippen molar-refractivity contribution in [1.82, 2.24) is 0 Å². The van der Waals surface area contributed by atoms with Gasteiger partial charge < -0.3 is 15.4 Å². The Balaban J connectivity index is 2.13. The van der Waals surface area contributed by atoms with Gasteiger partial charge in [0.05, 0.1) is 7.11 Å². The Hall–Kier alpha value is -1.55. The van der Waals surface area contributed by atoms with E-state index in [1.807, 2.05) is 0 Å². The zero-order valence-electron chi connectivity index (χ0n) is 11.8. The average Bonchev–Trinajstić information content (AvgIpc) is 2.80. The van der Waals surface area contributed by atoms with Crippen LogP contribution in [0.2, 0.25) is 0 Å². The molecule has 19 heavy (non-hydrogen) atoms. The van der Waals surface area contributed by atoms with Gasteiger partial charge in [0.25, 0.3) is 0 Å². The van der Waals surface area contributed by atoms with Crippen LogP contribution in [0.3, 0.4) is 0 Å². The van der Waals surface area contributed by atoms with Crippen LogP contribution in [0.25, 0.3) is 0 Å². The molecule has 1 aromatic rings. The number of methoxy groups -OCH3 is 1. The molecule has 0 aliphatic carbocycles. The quantitative estimate of drug-likeness (QED) is 0.836. The number of hydrogen-bond donors (Lipinski definition) is 1. The first-order valence-electron chi connectivity index (χ1n) is 6.74. The van der Waals surface area contributed by atoms with E-state index in [1.54, 1.807) is 0 Å². The lowest BCUT2D eigenvalue weighted by molar-refractivity contribution is -0.142. The van der Waals surface area contributed by atoms with Gasteiger partial charge in [-0.15, -0.1) is 0 Å². The first kappa shape index (κ1) is 13.9. The highest BCUT2D eigenvalue weighted by Gasteiger charge is 2.22. The fourth-order valence-corrected chi connectivity index (χ4v) is 2.63. The number of fused-ring (bicyclic) bond motifs is 1. The standard InChI is InChI=1S/C15H22N2O2/c1-10(2)17-7-6-12-8-11(4-5-14(12)17)9-13(16)15(18)19-3/h4-5,8,10,13H,6-7,9,16H2,1-3H3. The summed E-state index contributed by atoms with van der Waals surface area (Å²) in [5, 5.41) is 0. The maximum atomic E-state index is 11.3. The summed E-state index contributed by atoms with van der Waals surface area (Å²) < 4.78 is 4.65. The summed E-state index contributed by atoms with van der Waals surface area (Å²) in [7, 11) is 1.37. The van der Waals surface area contributed by atoms with E-state index in [0.717, 1.165) is 18.5 Å². The third kappa shape index (κ3) is 2.89. The molecule has 0 spiro atoms. The van der Waals surface area contributed by atoms with E-state index in [-0.39, 0.29) is 5.97 Å². The van der Waals surface area contributed by atoms with Crippen molar-refractivity contribution in [2.24, 2.45) is 5.73 Å². The predicted molar refractivity (Wildman–Crippen MR) is 76.3 cm³/mol. The minimum absolute atomic E-state index is 0.357. The first-order chi connectivity index (χ1) is 9.02. The molecular weight excluding hydrogens is 240 g/mol. The van der Waals surface area contributed by atoms with Crippen LogP contribution in [0, 0.1) is 0 Å². The molecule has 1 aromatic carbocycles. The summed E-state index contributed by atoms with van der Waals surface area (Å²) in [6.45, 7) is 5.48. The van der Waals surface area contributed by atoms with Crippen LogP contribution >= 0.6 is 0 Å². The molecular formula is C15H22N2O2. The zero-order valence-corrected chi connectivity index (χ0v) is 11.8. The fourth-order valence-electron chi connectivity index (χ4n) is 2.63. The van der Waals surface area contributed by atoms with Crippen molar-refractivity contribution < 1.29 is 9.53 Å². The number of rotatable bonds is 4. The highest BCUT2D eigenvalue weighted by molar-refractivity contribution is 5.75. The fraction of sp³-hybridized carbons (Fsp3) is 0.533. The Morgan fingerprint density at radius 3 is 2.84 bits per heavy atom. The van der Waals surface area contributed by atoms with Gasteiger partial charge in [0.2, 0.25) is 0 Å². The Morgan fingerprint density at radius 1 is 1.47 bits per heavy atom. The smallest absolute Gasteiger partial charge is 0.322 e. The normalized spacial score (nSPS) is 15.5. The number of esters is 1. The SMILES string of the molecule is COC(=O)C(N)Cc1ccc2c(c1)CCN2C(C)C. The van der Waals surface area contributed by atoms with Crippen molar-refractivity contribution in [3.8, 4) is 0 Å². The van der Waals surface area contributed by atoms with Crippen molar-refractivity contribution >= 4 is 11.7 Å². The molecule has 1 aliphatic rings. The van der Waals surface area contributed by atoms with Crippen molar-refractivity contribution in [2.45, 2.75) is 38.8 Å². The summed E-state index contributed by atoms with van der Waals surface area (Å²) in [6.07, 6.45) is 1.59. The molecule has 1 unspecified atom stereocenters. The largest absolute Gasteiger partial charge is 0.468 e. The van der Waals surface area contributed by atoms with E-state index in [4.69, 9.17) is 5.73 Å². The van der Waals surface area contributed by atoms with Gasteiger partial charge in [0.1, 0.15) is 6.04 Å². The molecule has 1 aliphatic heterocycles. The van der Waals surface area contributed by atoms with Gasteiger partial charge in [-0.3, -0.25) is 4.79 Å². The van der Waals surface area contributed by atoms with Gasteiger partial charge in [-0.2, -0.15) is 0 Å². The van der Waals surface area contributed by atoms with Gasteiger partial charge >= 0.3 is 5.97 Å². The number of carbonyl (C=O) groups excluding carboxylic acids is 1. The molecule has 0 aromatic heterocycles. The monoisotopic (exact) mass is 262 g/mol. The number of carbonyl (C=O) groups is 1. The molecule has 0 radical (unpaired) electrons. The van der Waals surface area contributed by atoms with Crippen molar-refractivity contribution in [1.29, 1.82) is 0 Å². The minimum atomic E-state index is -0.578. The van der Waals surface area contributed by atoms with Gasteiger partial charge in [0.15, 0.2) is 0 Å². The molecule has 2 N–H and O–H groups in total. The minimum Gasteiger partial charge on any atom is -0.468 e. The van der Waals surface area contributed by atoms with Crippen LogP contribution in [0.1, 0.15) is 25.0 Å². The van der Waals surface area contributed by atoms with E-state index >= 15 is 0 Å². The number of ether oxygens (including phenoxy) is 1. The number of benzene rings is 1. The van der Waals surface area contributed by atoms with Crippen LogP contribution in [0.4, 0.5) is 5.69 Å². The molecule has 0 saturated carbocycles. The van der Waals surface area contributed by atoms with E-state index in [1.165, 1.54) is 18.4 Å². The lowest BCUT2D eigenvalue weighted by Crippen LogP contribution is -2.33. The zero-order chi connectivity index (χ0) is 14.0. The molecule has 104 valence electrons.